The Hall–Kier alpha value is -1.60. The molecule has 1 heterocycles. The third-order valence-corrected chi connectivity index (χ3v) is 6.52. The molecule has 2 N–H and O–H groups in total. The smallest absolute Gasteiger partial charge is 0.191 e. The lowest BCUT2D eigenvalue weighted by atomic mass is 9.99. The van der Waals surface area contributed by atoms with Gasteiger partial charge in [-0.05, 0) is 56.6 Å². The Morgan fingerprint density at radius 3 is 2.68 bits per heavy atom. The molecule has 28 heavy (non-hydrogen) atoms. The van der Waals surface area contributed by atoms with Crippen LogP contribution < -0.4 is 20.1 Å². The molecule has 1 aliphatic rings. The number of methoxy groups -OCH3 is 1. The Bertz CT molecular complexity index is 619. The zero-order chi connectivity index (χ0) is 20.2. The molecule has 1 aromatic carbocycles. The van der Waals surface area contributed by atoms with Gasteiger partial charge in [0.15, 0.2) is 17.5 Å². The van der Waals surface area contributed by atoms with Gasteiger partial charge >= 0.3 is 0 Å². The topological polar surface area (TPSA) is 64.1 Å². The third kappa shape index (κ3) is 6.78. The van der Waals surface area contributed by atoms with Crippen LogP contribution >= 0.6 is 11.8 Å². The van der Waals surface area contributed by atoms with Crippen LogP contribution in [0.5, 0.6) is 11.5 Å². The fourth-order valence-corrected chi connectivity index (χ4v) is 4.10. The van der Waals surface area contributed by atoms with E-state index in [0.717, 1.165) is 69.4 Å². The van der Waals surface area contributed by atoms with E-state index in [2.05, 4.69) is 34.0 Å². The maximum Gasteiger partial charge on any atom is 0.191 e. The molecule has 2 rings (SSSR count). The highest BCUT2D eigenvalue weighted by molar-refractivity contribution is 8.00. The molecule has 1 fully saturated rings. The first-order valence-corrected chi connectivity index (χ1v) is 11.3. The molecule has 0 aromatic heterocycles. The predicted octanol–water partition coefficient (Wildman–Crippen LogP) is 3.10. The van der Waals surface area contributed by atoms with Gasteiger partial charge in [-0.3, -0.25) is 4.99 Å². The highest BCUT2D eigenvalue weighted by Crippen LogP contribution is 2.33. The van der Waals surface area contributed by atoms with E-state index in [0.29, 0.717) is 6.61 Å². The number of aliphatic imine (C=N–C) groups is 1. The second-order valence-corrected chi connectivity index (χ2v) is 8.15. The van der Waals surface area contributed by atoms with Crippen LogP contribution in [0.3, 0.4) is 0 Å². The Kier molecular flexibility index (Phi) is 9.78. The number of thioether (sulfide) groups is 1. The normalized spacial score (nSPS) is 16.5. The van der Waals surface area contributed by atoms with E-state index in [-0.39, 0.29) is 4.75 Å². The summed E-state index contributed by atoms with van der Waals surface area (Å²) in [5.74, 6) is 2.46. The molecule has 158 valence electrons. The van der Waals surface area contributed by atoms with Crippen molar-refractivity contribution in [2.24, 2.45) is 4.99 Å². The highest BCUT2D eigenvalue weighted by Gasteiger charge is 2.31. The number of ether oxygens (including phenoxy) is 3. The molecule has 0 bridgehead atoms. The quantitative estimate of drug-likeness (QED) is 0.352. The van der Waals surface area contributed by atoms with Crippen molar-refractivity contribution in [3.05, 3.63) is 23.8 Å². The predicted molar refractivity (Wildman–Crippen MR) is 118 cm³/mol. The van der Waals surface area contributed by atoms with Crippen molar-refractivity contribution in [3.63, 3.8) is 0 Å². The molecular formula is C21H35N3O3S. The van der Waals surface area contributed by atoms with Crippen LogP contribution in [-0.4, -0.2) is 64.0 Å². The standard InChI is InChI=1S/C21H35N3O3S/c1-5-27-19-15-17(8-9-18(19)25-3)7-6-12-23-20(22-2)24-16-21(28-4)10-13-26-14-11-21/h8-9,15H,5-7,10-14,16H2,1-4H3,(H2,22,23,24). The summed E-state index contributed by atoms with van der Waals surface area (Å²) in [6.45, 7) is 6.09. The number of aryl methyl sites for hydroxylation is 1. The van der Waals surface area contributed by atoms with E-state index in [1.165, 1.54) is 5.56 Å². The van der Waals surface area contributed by atoms with Gasteiger partial charge in [0.25, 0.3) is 0 Å². The summed E-state index contributed by atoms with van der Waals surface area (Å²) in [6, 6.07) is 6.15. The van der Waals surface area contributed by atoms with Gasteiger partial charge in [-0.2, -0.15) is 11.8 Å². The molecule has 0 spiro atoms. The van der Waals surface area contributed by atoms with Crippen molar-refractivity contribution in [1.29, 1.82) is 0 Å². The van der Waals surface area contributed by atoms with Crippen LogP contribution in [-0.2, 0) is 11.2 Å². The first kappa shape index (κ1) is 22.7. The molecule has 0 aliphatic carbocycles. The van der Waals surface area contributed by atoms with Crippen LogP contribution in [0, 0.1) is 0 Å². The Morgan fingerprint density at radius 2 is 2.04 bits per heavy atom. The van der Waals surface area contributed by atoms with Crippen LogP contribution in [0.25, 0.3) is 0 Å². The fourth-order valence-electron chi connectivity index (χ4n) is 3.31. The van der Waals surface area contributed by atoms with E-state index < -0.39 is 0 Å². The summed E-state index contributed by atoms with van der Waals surface area (Å²) in [7, 11) is 3.49. The molecule has 0 amide bonds. The van der Waals surface area contributed by atoms with Crippen LogP contribution in [0.15, 0.2) is 23.2 Å². The lowest BCUT2D eigenvalue weighted by Crippen LogP contribution is -2.48. The summed E-state index contributed by atoms with van der Waals surface area (Å²) >= 11 is 1.93. The summed E-state index contributed by atoms with van der Waals surface area (Å²) in [6.07, 6.45) is 6.34. The molecule has 0 radical (unpaired) electrons. The van der Waals surface area contributed by atoms with E-state index in [9.17, 15) is 0 Å². The molecule has 1 saturated heterocycles. The number of guanidine groups is 1. The van der Waals surface area contributed by atoms with Gasteiger partial charge in [0.05, 0.1) is 13.7 Å². The molecular weight excluding hydrogens is 374 g/mol. The van der Waals surface area contributed by atoms with Crippen molar-refractivity contribution in [1.82, 2.24) is 10.6 Å². The maximum absolute atomic E-state index is 5.66. The van der Waals surface area contributed by atoms with Gasteiger partial charge in [0.1, 0.15) is 0 Å². The van der Waals surface area contributed by atoms with Crippen LogP contribution in [0.4, 0.5) is 0 Å². The van der Waals surface area contributed by atoms with Gasteiger partial charge < -0.3 is 24.8 Å². The largest absolute Gasteiger partial charge is 0.493 e. The Morgan fingerprint density at radius 1 is 1.25 bits per heavy atom. The highest BCUT2D eigenvalue weighted by atomic mass is 32.2. The fraction of sp³-hybridized carbons (Fsp3) is 0.667. The number of hydrogen-bond acceptors (Lipinski definition) is 5. The van der Waals surface area contributed by atoms with Crippen molar-refractivity contribution in [2.75, 3.05) is 53.3 Å². The van der Waals surface area contributed by atoms with Gasteiger partial charge in [-0.1, -0.05) is 6.07 Å². The lowest BCUT2D eigenvalue weighted by Gasteiger charge is -2.36. The monoisotopic (exact) mass is 409 g/mol. The van der Waals surface area contributed by atoms with E-state index in [4.69, 9.17) is 14.2 Å². The number of hydrogen-bond donors (Lipinski definition) is 2. The summed E-state index contributed by atoms with van der Waals surface area (Å²) in [4.78, 5) is 4.36. The summed E-state index contributed by atoms with van der Waals surface area (Å²) in [5, 5.41) is 6.92. The van der Waals surface area contributed by atoms with Crippen LogP contribution in [0.2, 0.25) is 0 Å². The van der Waals surface area contributed by atoms with Crippen molar-refractivity contribution in [3.8, 4) is 11.5 Å². The summed E-state index contributed by atoms with van der Waals surface area (Å²) in [5.41, 5.74) is 1.25. The zero-order valence-electron chi connectivity index (χ0n) is 17.7. The number of nitrogens with one attached hydrogen (secondary N) is 2. The van der Waals surface area contributed by atoms with Gasteiger partial charge in [0, 0.05) is 38.1 Å². The molecule has 0 saturated carbocycles. The molecule has 6 nitrogen and oxygen atoms in total. The van der Waals surface area contributed by atoms with E-state index in [1.807, 2.05) is 31.8 Å². The molecule has 0 atom stereocenters. The minimum Gasteiger partial charge on any atom is -0.493 e. The molecule has 0 unspecified atom stereocenters. The molecule has 7 heteroatoms. The molecule has 1 aliphatic heterocycles. The zero-order valence-corrected chi connectivity index (χ0v) is 18.5. The number of nitrogens with zero attached hydrogens (tertiary/aromatic N) is 1. The van der Waals surface area contributed by atoms with E-state index >= 15 is 0 Å². The average molecular weight is 410 g/mol. The Labute approximate surface area is 173 Å². The van der Waals surface area contributed by atoms with Crippen molar-refractivity contribution in [2.45, 2.75) is 37.4 Å². The average Bonchev–Trinajstić information content (AvgIpc) is 2.74. The summed E-state index contributed by atoms with van der Waals surface area (Å²) < 4.78 is 16.8. The maximum atomic E-state index is 5.66. The lowest BCUT2D eigenvalue weighted by molar-refractivity contribution is 0.0783. The third-order valence-electron chi connectivity index (χ3n) is 5.10. The van der Waals surface area contributed by atoms with Crippen molar-refractivity contribution >= 4 is 17.7 Å². The first-order chi connectivity index (χ1) is 13.7. The van der Waals surface area contributed by atoms with Gasteiger partial charge in [0.2, 0.25) is 0 Å². The van der Waals surface area contributed by atoms with Crippen molar-refractivity contribution < 1.29 is 14.2 Å². The minimum atomic E-state index is 0.245. The number of rotatable bonds is 10. The second-order valence-electron chi connectivity index (χ2n) is 6.87. The SMILES string of the molecule is CCOc1cc(CCCNC(=NC)NCC2(SC)CCOCC2)ccc1OC. The number of benzene rings is 1. The first-order valence-electron chi connectivity index (χ1n) is 10.0. The van der Waals surface area contributed by atoms with Gasteiger partial charge in [-0.25, -0.2) is 0 Å². The Balaban J connectivity index is 1.76. The second kappa shape index (κ2) is 12.1. The van der Waals surface area contributed by atoms with E-state index in [1.54, 1.807) is 7.11 Å². The van der Waals surface area contributed by atoms with Gasteiger partial charge in [-0.15, -0.1) is 0 Å². The minimum absolute atomic E-state index is 0.245. The van der Waals surface area contributed by atoms with Crippen LogP contribution in [0.1, 0.15) is 31.7 Å². The molecule has 1 aromatic rings.